The number of halogens is 1. The SMILES string of the molecule is O=C(c1cccnc1)C1C(c2cccc([N+](=O)[O-])c2)C2CCCN2[C@@]12C(=O)Nc1ccc(Br)cc12. The summed E-state index contributed by atoms with van der Waals surface area (Å²) in [6.45, 7) is 0.659. The van der Waals surface area contributed by atoms with Gasteiger partial charge in [0.05, 0.1) is 10.8 Å². The van der Waals surface area contributed by atoms with Crippen LogP contribution < -0.4 is 5.32 Å². The standard InChI is InChI=1S/C26H21BrN4O4/c27-17-8-9-20-19(13-17)26(25(33)29-20)23(24(32)16-5-2-10-28-14-16)22(21-7-3-11-30(21)26)15-4-1-6-18(12-15)31(34)35/h1-2,4-6,8-10,12-14,21-23H,3,7,11H2,(H,29,33)/t21?,22?,23?,26-/m1/s1. The Morgan fingerprint density at radius 3 is 2.83 bits per heavy atom. The number of carbonyl (C=O) groups excluding carboxylic acids is 2. The molecule has 0 bridgehead atoms. The van der Waals surface area contributed by atoms with E-state index in [0.717, 1.165) is 22.9 Å². The van der Waals surface area contributed by atoms with Crippen LogP contribution in [0.25, 0.3) is 0 Å². The van der Waals surface area contributed by atoms with Crippen molar-refractivity contribution in [3.8, 4) is 0 Å². The summed E-state index contributed by atoms with van der Waals surface area (Å²) in [5.41, 5.74) is 1.32. The smallest absolute Gasteiger partial charge is 0.269 e. The van der Waals surface area contributed by atoms with Gasteiger partial charge in [-0.2, -0.15) is 0 Å². The maximum Gasteiger partial charge on any atom is 0.269 e. The van der Waals surface area contributed by atoms with E-state index in [4.69, 9.17) is 0 Å². The van der Waals surface area contributed by atoms with Gasteiger partial charge in [0, 0.05) is 57.8 Å². The lowest BCUT2D eigenvalue weighted by Crippen LogP contribution is -2.52. The molecule has 9 heteroatoms. The second-order valence-corrected chi connectivity index (χ2v) is 10.2. The third kappa shape index (κ3) is 3.11. The first-order valence-corrected chi connectivity index (χ1v) is 12.3. The molecule has 1 spiro atoms. The molecule has 6 rings (SSSR count). The minimum atomic E-state index is -1.22. The van der Waals surface area contributed by atoms with E-state index in [1.165, 1.54) is 12.3 Å². The number of fused-ring (bicyclic) bond motifs is 4. The first-order chi connectivity index (χ1) is 16.9. The zero-order chi connectivity index (χ0) is 24.3. The summed E-state index contributed by atoms with van der Waals surface area (Å²) in [6, 6.07) is 15.4. The molecule has 8 nitrogen and oxygen atoms in total. The lowest BCUT2D eigenvalue weighted by Gasteiger charge is -2.37. The first-order valence-electron chi connectivity index (χ1n) is 11.5. The normalized spacial score (nSPS) is 27.0. The number of amides is 1. The number of anilines is 1. The highest BCUT2D eigenvalue weighted by molar-refractivity contribution is 9.10. The number of carbonyl (C=O) groups is 2. The molecule has 1 N–H and O–H groups in total. The van der Waals surface area contributed by atoms with Crippen LogP contribution in [0, 0.1) is 16.0 Å². The maximum atomic E-state index is 14.3. The number of ketones is 1. The van der Waals surface area contributed by atoms with E-state index in [0.29, 0.717) is 23.4 Å². The molecule has 2 fully saturated rings. The lowest BCUT2D eigenvalue weighted by molar-refractivity contribution is -0.384. The van der Waals surface area contributed by atoms with E-state index in [-0.39, 0.29) is 23.4 Å². The predicted molar refractivity (Wildman–Crippen MR) is 132 cm³/mol. The molecule has 1 amide bonds. The number of nitrogens with one attached hydrogen (secondary N) is 1. The quantitative estimate of drug-likeness (QED) is 0.297. The Morgan fingerprint density at radius 2 is 2.06 bits per heavy atom. The summed E-state index contributed by atoms with van der Waals surface area (Å²) < 4.78 is 0.814. The summed E-state index contributed by atoms with van der Waals surface area (Å²) in [7, 11) is 0. The minimum absolute atomic E-state index is 0.0282. The molecule has 0 saturated carbocycles. The highest BCUT2D eigenvalue weighted by Gasteiger charge is 2.69. The van der Waals surface area contributed by atoms with Crippen molar-refractivity contribution in [3.63, 3.8) is 0 Å². The van der Waals surface area contributed by atoms with Gasteiger partial charge in [-0.3, -0.25) is 29.6 Å². The van der Waals surface area contributed by atoms with Gasteiger partial charge in [0.1, 0.15) is 5.54 Å². The number of non-ortho nitro benzene ring substituents is 1. The van der Waals surface area contributed by atoms with Crippen LogP contribution in [-0.4, -0.2) is 39.1 Å². The van der Waals surface area contributed by atoms with Gasteiger partial charge in [0.15, 0.2) is 5.78 Å². The summed E-state index contributed by atoms with van der Waals surface area (Å²) in [6.07, 6.45) is 4.80. The molecule has 2 saturated heterocycles. The fourth-order valence-corrected chi connectivity index (χ4v) is 6.80. The zero-order valence-electron chi connectivity index (χ0n) is 18.6. The summed E-state index contributed by atoms with van der Waals surface area (Å²) in [5.74, 6) is -1.60. The van der Waals surface area contributed by atoms with Crippen molar-refractivity contribution >= 4 is 39.0 Å². The van der Waals surface area contributed by atoms with Gasteiger partial charge in [0.2, 0.25) is 5.91 Å². The van der Waals surface area contributed by atoms with Gasteiger partial charge in [0.25, 0.3) is 5.69 Å². The lowest BCUT2D eigenvalue weighted by atomic mass is 9.69. The van der Waals surface area contributed by atoms with Crippen LogP contribution in [0.15, 0.2) is 71.5 Å². The number of benzene rings is 2. The Hall–Kier alpha value is -3.43. The Balaban J connectivity index is 1.63. The first kappa shape index (κ1) is 22.1. The molecule has 3 aromatic rings. The average Bonchev–Trinajstić information content (AvgIpc) is 3.52. The van der Waals surface area contributed by atoms with Crippen molar-refractivity contribution in [2.24, 2.45) is 5.92 Å². The molecular weight excluding hydrogens is 512 g/mol. The van der Waals surface area contributed by atoms with E-state index in [2.05, 4.69) is 31.1 Å². The predicted octanol–water partition coefficient (Wildman–Crippen LogP) is 4.66. The number of hydrogen-bond acceptors (Lipinski definition) is 6. The monoisotopic (exact) mass is 532 g/mol. The van der Waals surface area contributed by atoms with Crippen LogP contribution in [0.5, 0.6) is 0 Å². The summed E-state index contributed by atoms with van der Waals surface area (Å²) in [5, 5.41) is 14.6. The second kappa shape index (κ2) is 8.07. The fraction of sp³-hybridized carbons (Fsp3) is 0.269. The molecule has 3 aliphatic rings. The molecule has 2 aromatic carbocycles. The molecular formula is C26H21BrN4O4. The average molecular weight is 533 g/mol. The van der Waals surface area contributed by atoms with E-state index < -0.39 is 22.3 Å². The van der Waals surface area contributed by atoms with Crippen molar-refractivity contribution in [2.45, 2.75) is 30.3 Å². The van der Waals surface area contributed by atoms with Crippen molar-refractivity contribution in [1.29, 1.82) is 0 Å². The molecule has 4 atom stereocenters. The summed E-state index contributed by atoms with van der Waals surface area (Å²) >= 11 is 3.55. The van der Waals surface area contributed by atoms with Crippen LogP contribution in [0.2, 0.25) is 0 Å². The molecule has 176 valence electrons. The number of nitro groups is 1. The van der Waals surface area contributed by atoms with Crippen LogP contribution >= 0.6 is 15.9 Å². The van der Waals surface area contributed by atoms with Crippen molar-refractivity contribution in [2.75, 3.05) is 11.9 Å². The van der Waals surface area contributed by atoms with Gasteiger partial charge in [-0.05, 0) is 55.3 Å². The minimum Gasteiger partial charge on any atom is -0.324 e. The topological polar surface area (TPSA) is 105 Å². The maximum absolute atomic E-state index is 14.3. The molecule has 0 radical (unpaired) electrons. The molecule has 1 aromatic heterocycles. The fourth-order valence-electron chi connectivity index (χ4n) is 6.44. The van der Waals surface area contributed by atoms with Gasteiger partial charge in [-0.15, -0.1) is 0 Å². The molecule has 35 heavy (non-hydrogen) atoms. The van der Waals surface area contributed by atoms with Gasteiger partial charge in [-0.25, -0.2) is 0 Å². The molecule has 0 aliphatic carbocycles. The third-order valence-corrected chi connectivity index (χ3v) is 8.15. The Labute approximate surface area is 209 Å². The molecule has 4 heterocycles. The summed E-state index contributed by atoms with van der Waals surface area (Å²) in [4.78, 5) is 45.7. The number of nitrogens with zero attached hydrogens (tertiary/aromatic N) is 3. The number of nitro benzene ring substituents is 1. The van der Waals surface area contributed by atoms with Crippen molar-refractivity contribution in [1.82, 2.24) is 9.88 Å². The van der Waals surface area contributed by atoms with Gasteiger partial charge < -0.3 is 5.32 Å². The number of pyridine rings is 1. The highest BCUT2D eigenvalue weighted by atomic mass is 79.9. The number of Topliss-reactive ketones (excluding diaryl/α,β-unsaturated/α-hetero) is 1. The second-order valence-electron chi connectivity index (χ2n) is 9.27. The Bertz CT molecular complexity index is 1380. The van der Waals surface area contributed by atoms with Crippen LogP contribution in [-0.2, 0) is 10.3 Å². The molecule has 3 aliphatic heterocycles. The van der Waals surface area contributed by atoms with Gasteiger partial charge >= 0.3 is 0 Å². The molecule has 3 unspecified atom stereocenters. The van der Waals surface area contributed by atoms with Gasteiger partial charge in [-0.1, -0.05) is 28.1 Å². The Kier molecular flexibility index (Phi) is 5.08. The largest absolute Gasteiger partial charge is 0.324 e. The van der Waals surface area contributed by atoms with Crippen LogP contribution in [0.1, 0.15) is 40.2 Å². The van der Waals surface area contributed by atoms with E-state index in [9.17, 15) is 19.7 Å². The van der Waals surface area contributed by atoms with E-state index in [1.807, 2.05) is 24.3 Å². The number of rotatable bonds is 4. The van der Waals surface area contributed by atoms with E-state index in [1.54, 1.807) is 30.5 Å². The van der Waals surface area contributed by atoms with Crippen molar-refractivity contribution < 1.29 is 14.5 Å². The number of aromatic nitrogens is 1. The van der Waals surface area contributed by atoms with Crippen LogP contribution in [0.3, 0.4) is 0 Å². The number of hydrogen-bond donors (Lipinski definition) is 1. The van der Waals surface area contributed by atoms with E-state index >= 15 is 0 Å². The zero-order valence-corrected chi connectivity index (χ0v) is 20.1. The highest BCUT2D eigenvalue weighted by Crippen LogP contribution is 2.61. The third-order valence-electron chi connectivity index (χ3n) is 7.66. The van der Waals surface area contributed by atoms with Crippen LogP contribution in [0.4, 0.5) is 11.4 Å². The van der Waals surface area contributed by atoms with Crippen molar-refractivity contribution in [3.05, 3.63) is 98.3 Å². The Morgan fingerprint density at radius 1 is 1.20 bits per heavy atom.